The summed E-state index contributed by atoms with van der Waals surface area (Å²) in [5.74, 6) is 1.16. The second-order valence-corrected chi connectivity index (χ2v) is 8.58. The van der Waals surface area contributed by atoms with Gasteiger partial charge >= 0.3 is 0 Å². The van der Waals surface area contributed by atoms with Crippen LogP contribution >= 0.6 is 35.6 Å². The summed E-state index contributed by atoms with van der Waals surface area (Å²) in [6, 6.07) is 8.69. The van der Waals surface area contributed by atoms with Crippen molar-refractivity contribution in [3.8, 4) is 5.88 Å². The van der Waals surface area contributed by atoms with Gasteiger partial charge in [0, 0.05) is 25.1 Å². The normalized spacial score (nSPS) is 11.5. The molecule has 0 aliphatic heterocycles. The Hall–Kier alpha value is -1.59. The predicted molar refractivity (Wildman–Crippen MR) is 127 cm³/mol. The Labute approximate surface area is 194 Å². The molecular formula is C19H26ClIN4O3S. The lowest BCUT2D eigenvalue weighted by molar-refractivity contribution is 0.309. The van der Waals surface area contributed by atoms with E-state index in [2.05, 4.69) is 20.6 Å². The van der Waals surface area contributed by atoms with E-state index >= 15 is 0 Å². The molecule has 0 saturated carbocycles. The van der Waals surface area contributed by atoms with Crippen LogP contribution in [0.4, 0.5) is 0 Å². The average Bonchev–Trinajstić information content (AvgIpc) is 2.63. The number of nitrogens with one attached hydrogen (secondary N) is 2. The Morgan fingerprint density at radius 2 is 2.00 bits per heavy atom. The van der Waals surface area contributed by atoms with Gasteiger partial charge in [0.05, 0.1) is 23.0 Å². The van der Waals surface area contributed by atoms with Gasteiger partial charge in [-0.15, -0.1) is 24.0 Å². The largest absolute Gasteiger partial charge is 0.476 e. The van der Waals surface area contributed by atoms with Crippen LogP contribution in [0.25, 0.3) is 0 Å². The van der Waals surface area contributed by atoms with Crippen LogP contribution in [0, 0.1) is 6.92 Å². The molecule has 1 aromatic carbocycles. The molecule has 160 valence electrons. The molecule has 0 atom stereocenters. The molecule has 29 heavy (non-hydrogen) atoms. The quantitative estimate of drug-likeness (QED) is 0.226. The Balaban J connectivity index is 0.00000420. The lowest BCUT2D eigenvalue weighted by atomic mass is 10.1. The van der Waals surface area contributed by atoms with Gasteiger partial charge in [-0.3, -0.25) is 0 Å². The summed E-state index contributed by atoms with van der Waals surface area (Å²) in [5.41, 5.74) is 1.65. The van der Waals surface area contributed by atoms with Gasteiger partial charge in [0.2, 0.25) is 5.88 Å². The number of guanidine groups is 1. The highest BCUT2D eigenvalue weighted by molar-refractivity contribution is 14.0. The first-order valence-electron chi connectivity index (χ1n) is 8.85. The number of hydrogen-bond acceptors (Lipinski definition) is 5. The zero-order valence-electron chi connectivity index (χ0n) is 16.6. The lowest BCUT2D eigenvalue weighted by Crippen LogP contribution is -2.39. The molecule has 2 rings (SSSR count). The van der Waals surface area contributed by atoms with Crippen molar-refractivity contribution in [3.63, 3.8) is 0 Å². The number of aromatic nitrogens is 1. The van der Waals surface area contributed by atoms with E-state index in [4.69, 9.17) is 16.3 Å². The maximum absolute atomic E-state index is 11.7. The van der Waals surface area contributed by atoms with Crippen molar-refractivity contribution in [2.75, 3.05) is 26.0 Å². The number of aliphatic imine (C=N–C) groups is 1. The number of halogens is 2. The highest BCUT2D eigenvalue weighted by Crippen LogP contribution is 2.17. The zero-order chi connectivity index (χ0) is 20.6. The number of ether oxygens (including phenoxy) is 1. The Morgan fingerprint density at radius 1 is 1.24 bits per heavy atom. The van der Waals surface area contributed by atoms with Crippen molar-refractivity contribution in [3.05, 3.63) is 52.7 Å². The Morgan fingerprint density at radius 3 is 2.59 bits per heavy atom. The molecule has 0 aliphatic rings. The first-order chi connectivity index (χ1) is 13.3. The van der Waals surface area contributed by atoms with E-state index in [1.807, 2.05) is 13.0 Å². The van der Waals surface area contributed by atoms with Gasteiger partial charge in [0.25, 0.3) is 0 Å². The maximum Gasteiger partial charge on any atom is 0.213 e. The van der Waals surface area contributed by atoms with Crippen LogP contribution in [0.1, 0.15) is 18.1 Å². The van der Waals surface area contributed by atoms with Gasteiger partial charge < -0.3 is 15.4 Å². The maximum atomic E-state index is 11.7. The number of pyridine rings is 1. The van der Waals surface area contributed by atoms with E-state index in [0.29, 0.717) is 41.5 Å². The smallest absolute Gasteiger partial charge is 0.213 e. The lowest BCUT2D eigenvalue weighted by Gasteiger charge is -2.12. The van der Waals surface area contributed by atoms with E-state index in [0.717, 1.165) is 17.7 Å². The highest BCUT2D eigenvalue weighted by Gasteiger charge is 2.10. The number of hydrogen-bond donors (Lipinski definition) is 2. The fourth-order valence-corrected chi connectivity index (χ4v) is 3.58. The summed E-state index contributed by atoms with van der Waals surface area (Å²) in [5, 5.41) is 6.91. The summed E-state index contributed by atoms with van der Waals surface area (Å²) in [4.78, 5) is 8.94. The molecule has 2 aromatic rings. The van der Waals surface area contributed by atoms with Crippen LogP contribution in [-0.4, -0.2) is 45.3 Å². The van der Waals surface area contributed by atoms with Crippen molar-refractivity contribution in [2.45, 2.75) is 25.3 Å². The van der Waals surface area contributed by atoms with Gasteiger partial charge in [-0.05, 0) is 37.1 Å². The molecule has 2 N–H and O–H groups in total. The van der Waals surface area contributed by atoms with Crippen LogP contribution in [-0.2, 0) is 16.4 Å². The topological polar surface area (TPSA) is 92.7 Å². The monoisotopic (exact) mass is 552 g/mol. The first-order valence-corrected chi connectivity index (χ1v) is 11.1. The van der Waals surface area contributed by atoms with Crippen molar-refractivity contribution in [1.82, 2.24) is 15.6 Å². The molecule has 0 bridgehead atoms. The molecule has 7 nitrogen and oxygen atoms in total. The molecule has 1 heterocycles. The first kappa shape index (κ1) is 25.4. The molecule has 0 unspecified atom stereocenters. The second-order valence-electron chi connectivity index (χ2n) is 6.16. The van der Waals surface area contributed by atoms with E-state index in [1.165, 1.54) is 12.5 Å². The van der Waals surface area contributed by atoms with Crippen LogP contribution in [0.15, 0.2) is 46.4 Å². The number of rotatable bonds is 8. The fraction of sp³-hybridized carbons (Fsp3) is 0.368. The summed E-state index contributed by atoms with van der Waals surface area (Å²) < 4.78 is 29.0. The SMILES string of the molecule is CCNC(=NCc1ccc(S(C)(=O)=O)c(C)c1)NCCOc1ccc(Cl)cn1.I. The number of benzene rings is 1. The second kappa shape index (κ2) is 12.2. The van der Waals surface area contributed by atoms with Crippen molar-refractivity contribution in [2.24, 2.45) is 4.99 Å². The molecule has 0 radical (unpaired) electrons. The van der Waals surface area contributed by atoms with Gasteiger partial charge in [-0.2, -0.15) is 0 Å². The van der Waals surface area contributed by atoms with E-state index in [1.54, 1.807) is 31.2 Å². The third-order valence-electron chi connectivity index (χ3n) is 3.75. The molecule has 0 amide bonds. The fourth-order valence-electron chi connectivity index (χ4n) is 2.51. The number of sulfone groups is 1. The predicted octanol–water partition coefficient (Wildman–Crippen LogP) is 3.20. The summed E-state index contributed by atoms with van der Waals surface area (Å²) in [6.45, 7) is 5.88. The molecule has 0 spiro atoms. The van der Waals surface area contributed by atoms with Crippen LogP contribution < -0.4 is 15.4 Å². The Kier molecular flexibility index (Phi) is 10.7. The van der Waals surface area contributed by atoms with Crippen LogP contribution in [0.3, 0.4) is 0 Å². The summed E-state index contributed by atoms with van der Waals surface area (Å²) >= 11 is 5.79. The summed E-state index contributed by atoms with van der Waals surface area (Å²) in [7, 11) is -3.22. The molecule has 0 saturated heterocycles. The van der Waals surface area contributed by atoms with E-state index < -0.39 is 9.84 Å². The molecule has 0 aliphatic carbocycles. The van der Waals surface area contributed by atoms with Gasteiger partial charge in [0.15, 0.2) is 15.8 Å². The van der Waals surface area contributed by atoms with Crippen molar-refractivity contribution >= 4 is 51.4 Å². The molecule has 1 aromatic heterocycles. The standard InChI is InChI=1S/C19H25ClN4O3S.HI/c1-4-21-19(22-9-10-27-18-8-6-16(20)13-23-18)24-12-15-5-7-17(14(2)11-15)28(3,25)26;/h5-8,11,13H,4,9-10,12H2,1-3H3,(H2,21,22,24);1H. The van der Waals surface area contributed by atoms with Crippen LogP contribution in [0.5, 0.6) is 5.88 Å². The average molecular weight is 553 g/mol. The van der Waals surface area contributed by atoms with Gasteiger partial charge in [0.1, 0.15) is 6.61 Å². The minimum atomic E-state index is -3.22. The molecular weight excluding hydrogens is 527 g/mol. The van der Waals surface area contributed by atoms with Crippen molar-refractivity contribution in [1.29, 1.82) is 0 Å². The third kappa shape index (κ3) is 8.75. The zero-order valence-corrected chi connectivity index (χ0v) is 20.5. The minimum Gasteiger partial charge on any atom is -0.476 e. The Bertz CT molecular complexity index is 922. The van der Waals surface area contributed by atoms with E-state index in [9.17, 15) is 8.42 Å². The summed E-state index contributed by atoms with van der Waals surface area (Å²) in [6.07, 6.45) is 2.74. The highest BCUT2D eigenvalue weighted by atomic mass is 127. The number of aryl methyl sites for hydroxylation is 1. The molecule has 10 heteroatoms. The third-order valence-corrected chi connectivity index (χ3v) is 5.23. The van der Waals surface area contributed by atoms with Crippen molar-refractivity contribution < 1.29 is 13.2 Å². The van der Waals surface area contributed by atoms with Gasteiger partial charge in [-0.25, -0.2) is 18.4 Å². The van der Waals surface area contributed by atoms with Crippen LogP contribution in [0.2, 0.25) is 5.02 Å². The molecule has 0 fully saturated rings. The van der Waals surface area contributed by atoms with E-state index in [-0.39, 0.29) is 24.0 Å². The van der Waals surface area contributed by atoms with Gasteiger partial charge in [-0.1, -0.05) is 23.7 Å². The minimum absolute atomic E-state index is 0. The number of nitrogens with zero attached hydrogens (tertiary/aromatic N) is 2.